The lowest BCUT2D eigenvalue weighted by atomic mass is 10.1. The molecule has 26 heavy (non-hydrogen) atoms. The minimum atomic E-state index is -0.209. The van der Waals surface area contributed by atoms with Crippen molar-refractivity contribution in [1.82, 2.24) is 20.0 Å². The molecule has 0 saturated heterocycles. The molecule has 1 atom stereocenters. The zero-order valence-corrected chi connectivity index (χ0v) is 14.5. The van der Waals surface area contributed by atoms with Gasteiger partial charge in [0.1, 0.15) is 5.75 Å². The summed E-state index contributed by atoms with van der Waals surface area (Å²) in [6.45, 7) is 1.95. The largest absolute Gasteiger partial charge is 0.497 e. The zero-order valence-electron chi connectivity index (χ0n) is 14.5. The van der Waals surface area contributed by atoms with Crippen molar-refractivity contribution in [2.45, 2.75) is 13.0 Å². The number of methoxy groups -OCH3 is 1. The molecule has 1 N–H and O–H groups in total. The molecule has 6 nitrogen and oxygen atoms in total. The van der Waals surface area contributed by atoms with E-state index < -0.39 is 0 Å². The molecular weight excluding hydrogens is 328 g/mol. The lowest BCUT2D eigenvalue weighted by molar-refractivity contribution is 0.413. The van der Waals surface area contributed by atoms with Gasteiger partial charge in [-0.05, 0) is 36.2 Å². The van der Waals surface area contributed by atoms with Crippen LogP contribution in [0.25, 0.3) is 21.9 Å². The number of aromatic amines is 1. The lowest BCUT2D eigenvalue weighted by Gasteiger charge is -2.15. The van der Waals surface area contributed by atoms with Crippen LogP contribution in [0.5, 0.6) is 5.75 Å². The van der Waals surface area contributed by atoms with Gasteiger partial charge in [-0.25, -0.2) is 4.68 Å². The summed E-state index contributed by atoms with van der Waals surface area (Å²) < 4.78 is 6.79. The van der Waals surface area contributed by atoms with Gasteiger partial charge in [-0.3, -0.25) is 9.89 Å². The maximum atomic E-state index is 13.1. The quantitative estimate of drug-likeness (QED) is 0.615. The van der Waals surface area contributed by atoms with Crippen LogP contribution in [-0.4, -0.2) is 27.1 Å². The first-order valence-electron chi connectivity index (χ1n) is 8.32. The SMILES string of the molecule is COc1cccc([C@@H](C)n2ncc3ccc(-c4cn[nH]c4)cc3c2=O)c1. The van der Waals surface area contributed by atoms with Crippen LogP contribution in [0.15, 0.2) is 65.8 Å². The van der Waals surface area contributed by atoms with E-state index in [9.17, 15) is 4.79 Å². The van der Waals surface area contributed by atoms with Gasteiger partial charge in [0.2, 0.25) is 0 Å². The molecule has 2 aromatic carbocycles. The van der Waals surface area contributed by atoms with Crippen LogP contribution >= 0.6 is 0 Å². The molecule has 0 aliphatic rings. The molecule has 2 heterocycles. The second-order valence-electron chi connectivity index (χ2n) is 6.14. The summed E-state index contributed by atoms with van der Waals surface area (Å²) in [5, 5.41) is 12.6. The van der Waals surface area contributed by atoms with E-state index in [1.54, 1.807) is 25.7 Å². The fourth-order valence-corrected chi connectivity index (χ4v) is 3.06. The van der Waals surface area contributed by atoms with Crippen LogP contribution < -0.4 is 10.3 Å². The highest BCUT2D eigenvalue weighted by Gasteiger charge is 2.14. The van der Waals surface area contributed by atoms with Crippen molar-refractivity contribution >= 4 is 10.8 Å². The van der Waals surface area contributed by atoms with Crippen molar-refractivity contribution in [2.75, 3.05) is 7.11 Å². The van der Waals surface area contributed by atoms with Gasteiger partial charge in [-0.2, -0.15) is 10.2 Å². The summed E-state index contributed by atoms with van der Waals surface area (Å²) in [7, 11) is 1.63. The normalized spacial score (nSPS) is 12.2. The van der Waals surface area contributed by atoms with Crippen LogP contribution in [0.2, 0.25) is 0 Å². The molecule has 0 aliphatic heterocycles. The van der Waals surface area contributed by atoms with Gasteiger partial charge < -0.3 is 4.74 Å². The highest BCUT2D eigenvalue weighted by atomic mass is 16.5. The Balaban J connectivity index is 1.82. The summed E-state index contributed by atoms with van der Waals surface area (Å²) in [6, 6.07) is 13.2. The molecular formula is C20H18N4O2. The summed E-state index contributed by atoms with van der Waals surface area (Å²) in [5.41, 5.74) is 2.72. The Labute approximate surface area is 150 Å². The number of H-pyrrole nitrogens is 1. The first kappa shape index (κ1) is 16.1. The maximum absolute atomic E-state index is 13.1. The molecule has 0 bridgehead atoms. The molecule has 0 aliphatic carbocycles. The van der Waals surface area contributed by atoms with E-state index in [1.807, 2.05) is 49.4 Å². The van der Waals surface area contributed by atoms with Gasteiger partial charge in [-0.1, -0.05) is 24.3 Å². The second-order valence-corrected chi connectivity index (χ2v) is 6.14. The Morgan fingerprint density at radius 3 is 2.77 bits per heavy atom. The minimum absolute atomic E-state index is 0.122. The van der Waals surface area contributed by atoms with E-state index in [-0.39, 0.29) is 11.6 Å². The Hall–Kier alpha value is -3.41. The smallest absolute Gasteiger partial charge is 0.275 e. The number of benzene rings is 2. The summed E-state index contributed by atoms with van der Waals surface area (Å²) in [6.07, 6.45) is 5.27. The summed E-state index contributed by atoms with van der Waals surface area (Å²) in [4.78, 5) is 13.1. The average Bonchev–Trinajstić information content (AvgIpc) is 3.22. The van der Waals surface area contributed by atoms with E-state index in [4.69, 9.17) is 4.74 Å². The van der Waals surface area contributed by atoms with Gasteiger partial charge in [0.05, 0.1) is 30.9 Å². The molecule has 2 aromatic heterocycles. The second kappa shape index (κ2) is 6.48. The Bertz CT molecular complexity index is 1120. The number of nitrogens with one attached hydrogen (secondary N) is 1. The molecule has 4 aromatic rings. The van der Waals surface area contributed by atoms with E-state index in [0.29, 0.717) is 5.39 Å². The first-order chi connectivity index (χ1) is 12.7. The highest BCUT2D eigenvalue weighted by molar-refractivity contribution is 5.85. The predicted molar refractivity (Wildman–Crippen MR) is 100 cm³/mol. The molecule has 6 heteroatoms. The van der Waals surface area contributed by atoms with Crippen molar-refractivity contribution in [2.24, 2.45) is 0 Å². The van der Waals surface area contributed by atoms with Gasteiger partial charge in [-0.15, -0.1) is 0 Å². The minimum Gasteiger partial charge on any atom is -0.497 e. The average molecular weight is 346 g/mol. The van der Waals surface area contributed by atoms with Crippen molar-refractivity contribution in [3.63, 3.8) is 0 Å². The fourth-order valence-electron chi connectivity index (χ4n) is 3.06. The first-order valence-corrected chi connectivity index (χ1v) is 8.32. The molecule has 0 amide bonds. The number of nitrogens with zero attached hydrogens (tertiary/aromatic N) is 3. The molecule has 0 radical (unpaired) electrons. The van der Waals surface area contributed by atoms with E-state index >= 15 is 0 Å². The third-order valence-corrected chi connectivity index (χ3v) is 4.59. The van der Waals surface area contributed by atoms with Crippen molar-refractivity contribution in [3.05, 3.63) is 77.0 Å². The third kappa shape index (κ3) is 2.75. The van der Waals surface area contributed by atoms with Crippen molar-refractivity contribution in [1.29, 1.82) is 0 Å². The standard InChI is InChI=1S/C20H18N4O2/c1-13(14-4-3-5-18(8-14)26-2)24-20(25)19-9-15(17-10-21-22-11-17)6-7-16(19)12-23-24/h3-13H,1-2H3,(H,21,22)/t13-/m1/s1. The monoisotopic (exact) mass is 346 g/mol. The number of rotatable bonds is 4. The topological polar surface area (TPSA) is 72.8 Å². The van der Waals surface area contributed by atoms with Crippen molar-refractivity contribution < 1.29 is 4.74 Å². The maximum Gasteiger partial charge on any atom is 0.275 e. The van der Waals surface area contributed by atoms with Crippen LogP contribution in [0.4, 0.5) is 0 Å². The number of fused-ring (bicyclic) bond motifs is 1. The van der Waals surface area contributed by atoms with Gasteiger partial charge in [0, 0.05) is 17.1 Å². The number of hydrogen-bond donors (Lipinski definition) is 1. The summed E-state index contributed by atoms with van der Waals surface area (Å²) >= 11 is 0. The highest BCUT2D eigenvalue weighted by Crippen LogP contribution is 2.24. The predicted octanol–water partition coefficient (Wildman–Crippen LogP) is 3.40. The Kier molecular flexibility index (Phi) is 4.01. The van der Waals surface area contributed by atoms with E-state index in [2.05, 4.69) is 15.3 Å². The van der Waals surface area contributed by atoms with Gasteiger partial charge in [0.15, 0.2) is 0 Å². The van der Waals surface area contributed by atoms with Crippen LogP contribution in [0, 0.1) is 0 Å². The van der Waals surface area contributed by atoms with E-state index in [1.165, 1.54) is 4.68 Å². The Morgan fingerprint density at radius 2 is 2.00 bits per heavy atom. The zero-order chi connectivity index (χ0) is 18.1. The molecule has 0 fully saturated rings. The van der Waals surface area contributed by atoms with Crippen LogP contribution in [0.1, 0.15) is 18.5 Å². The van der Waals surface area contributed by atoms with Crippen LogP contribution in [0.3, 0.4) is 0 Å². The number of aromatic nitrogens is 4. The van der Waals surface area contributed by atoms with E-state index in [0.717, 1.165) is 27.8 Å². The molecule has 0 spiro atoms. The van der Waals surface area contributed by atoms with Gasteiger partial charge >= 0.3 is 0 Å². The fraction of sp³-hybridized carbons (Fsp3) is 0.150. The van der Waals surface area contributed by atoms with Gasteiger partial charge in [0.25, 0.3) is 5.56 Å². The molecule has 4 rings (SSSR count). The lowest BCUT2D eigenvalue weighted by Crippen LogP contribution is -2.26. The van der Waals surface area contributed by atoms with Crippen LogP contribution in [-0.2, 0) is 0 Å². The third-order valence-electron chi connectivity index (χ3n) is 4.59. The Morgan fingerprint density at radius 1 is 1.12 bits per heavy atom. The molecule has 0 unspecified atom stereocenters. The summed E-state index contributed by atoms with van der Waals surface area (Å²) in [5.74, 6) is 0.755. The van der Waals surface area contributed by atoms with Crippen molar-refractivity contribution in [3.8, 4) is 16.9 Å². The molecule has 130 valence electrons. The number of ether oxygens (including phenoxy) is 1. The molecule has 0 saturated carbocycles. The number of hydrogen-bond acceptors (Lipinski definition) is 4.